The fraction of sp³-hybridized carbons (Fsp3) is 0.375. The second kappa shape index (κ2) is 10.6. The van der Waals surface area contributed by atoms with Gasteiger partial charge in [0.15, 0.2) is 6.61 Å². The van der Waals surface area contributed by atoms with Crippen molar-refractivity contribution in [2.24, 2.45) is 5.92 Å². The quantitative estimate of drug-likeness (QED) is 0.700. The first-order valence-electron chi connectivity index (χ1n) is 10.5. The highest BCUT2D eigenvalue weighted by atomic mass is 16.5. The Morgan fingerprint density at radius 1 is 0.968 bits per heavy atom. The first-order valence-corrected chi connectivity index (χ1v) is 10.5. The Morgan fingerprint density at radius 2 is 1.68 bits per heavy atom. The predicted octanol–water partition coefficient (Wildman–Crippen LogP) is 2.68. The number of ether oxygens (including phenoxy) is 1. The van der Waals surface area contributed by atoms with E-state index in [9.17, 15) is 14.4 Å². The van der Waals surface area contributed by atoms with Crippen molar-refractivity contribution in [1.29, 1.82) is 0 Å². The zero-order valence-electron chi connectivity index (χ0n) is 18.0. The van der Waals surface area contributed by atoms with Gasteiger partial charge in [-0.05, 0) is 68.0 Å². The lowest BCUT2D eigenvalue weighted by atomic mass is 9.96. The number of hydrogen-bond acceptors (Lipinski definition) is 4. The van der Waals surface area contributed by atoms with Crippen molar-refractivity contribution in [3.8, 4) is 5.75 Å². The van der Waals surface area contributed by atoms with Crippen LogP contribution in [0.15, 0.2) is 48.5 Å². The second-order valence-electron chi connectivity index (χ2n) is 7.89. The van der Waals surface area contributed by atoms with Gasteiger partial charge in [-0.15, -0.1) is 0 Å². The molecular weight excluding hydrogens is 394 g/mol. The van der Waals surface area contributed by atoms with Gasteiger partial charge in [0, 0.05) is 25.3 Å². The Kier molecular flexibility index (Phi) is 7.65. The average molecular weight is 424 g/mol. The molecule has 0 aliphatic carbocycles. The Morgan fingerprint density at radius 3 is 2.35 bits per heavy atom. The molecule has 3 rings (SSSR count). The molecular formula is C24H29N3O4. The van der Waals surface area contributed by atoms with Crippen LogP contribution in [-0.2, 0) is 14.4 Å². The number of benzene rings is 2. The highest BCUT2D eigenvalue weighted by Crippen LogP contribution is 2.17. The number of carbonyl (C=O) groups is 3. The van der Waals surface area contributed by atoms with Gasteiger partial charge in [0.2, 0.25) is 0 Å². The molecule has 31 heavy (non-hydrogen) atoms. The van der Waals surface area contributed by atoms with E-state index >= 15 is 0 Å². The summed E-state index contributed by atoms with van der Waals surface area (Å²) in [6, 6.07) is 14.8. The third-order valence-electron chi connectivity index (χ3n) is 5.60. The van der Waals surface area contributed by atoms with Crippen LogP contribution < -0.4 is 15.4 Å². The number of para-hydroxylation sites is 1. The number of anilines is 1. The van der Waals surface area contributed by atoms with E-state index in [0.29, 0.717) is 31.1 Å². The molecule has 1 aliphatic rings. The van der Waals surface area contributed by atoms with Crippen molar-refractivity contribution >= 4 is 23.4 Å². The number of hydrogen-bond donors (Lipinski definition) is 2. The summed E-state index contributed by atoms with van der Waals surface area (Å²) in [6.45, 7) is 5.61. The van der Waals surface area contributed by atoms with E-state index in [1.165, 1.54) is 0 Å². The molecule has 7 heteroatoms. The lowest BCUT2D eigenvalue weighted by Crippen LogP contribution is -2.44. The summed E-state index contributed by atoms with van der Waals surface area (Å²) < 4.78 is 5.52. The summed E-state index contributed by atoms with van der Waals surface area (Å²) in [5.41, 5.74) is 2.78. The maximum absolute atomic E-state index is 12.3. The molecule has 1 heterocycles. The molecule has 164 valence electrons. The molecule has 0 saturated carbocycles. The van der Waals surface area contributed by atoms with Gasteiger partial charge in [0.05, 0.1) is 0 Å². The number of nitrogens with one attached hydrogen (secondary N) is 2. The van der Waals surface area contributed by atoms with Gasteiger partial charge >= 0.3 is 11.8 Å². The number of aryl methyl sites for hydroxylation is 2. The van der Waals surface area contributed by atoms with Crippen LogP contribution in [0.4, 0.5) is 5.69 Å². The molecule has 2 N–H and O–H groups in total. The topological polar surface area (TPSA) is 87.7 Å². The minimum atomic E-state index is -0.672. The molecule has 1 fully saturated rings. The van der Waals surface area contributed by atoms with E-state index in [1.54, 1.807) is 11.0 Å². The van der Waals surface area contributed by atoms with Crippen LogP contribution in [0.5, 0.6) is 5.75 Å². The Bertz CT molecular complexity index is 922. The highest BCUT2D eigenvalue weighted by molar-refractivity contribution is 6.39. The lowest BCUT2D eigenvalue weighted by Gasteiger charge is -2.32. The van der Waals surface area contributed by atoms with Gasteiger partial charge < -0.3 is 20.3 Å². The Labute approximate surface area is 182 Å². The molecule has 1 aliphatic heterocycles. The monoisotopic (exact) mass is 423 g/mol. The van der Waals surface area contributed by atoms with E-state index in [0.717, 1.165) is 24.0 Å². The van der Waals surface area contributed by atoms with Crippen molar-refractivity contribution in [2.45, 2.75) is 26.7 Å². The predicted molar refractivity (Wildman–Crippen MR) is 119 cm³/mol. The molecule has 7 nitrogen and oxygen atoms in total. The maximum atomic E-state index is 12.3. The first-order chi connectivity index (χ1) is 14.9. The van der Waals surface area contributed by atoms with E-state index in [4.69, 9.17) is 4.74 Å². The second-order valence-corrected chi connectivity index (χ2v) is 7.89. The number of rotatable bonds is 6. The number of nitrogens with zero attached hydrogens (tertiary/aromatic N) is 1. The number of carbonyl (C=O) groups excluding carboxylic acids is 3. The molecule has 1 saturated heterocycles. The number of piperidine rings is 1. The Balaban J connectivity index is 1.36. The maximum Gasteiger partial charge on any atom is 0.313 e. The van der Waals surface area contributed by atoms with Crippen LogP contribution in [0.25, 0.3) is 0 Å². The minimum absolute atomic E-state index is 0.0179. The molecule has 0 spiro atoms. The fourth-order valence-electron chi connectivity index (χ4n) is 3.46. The molecule has 0 aromatic heterocycles. The van der Waals surface area contributed by atoms with Crippen LogP contribution in [0.2, 0.25) is 0 Å². The van der Waals surface area contributed by atoms with Crippen LogP contribution >= 0.6 is 0 Å². The number of likely N-dealkylation sites (tertiary alicyclic amines) is 1. The van der Waals surface area contributed by atoms with E-state index in [-0.39, 0.29) is 18.4 Å². The molecule has 2 aromatic rings. The summed E-state index contributed by atoms with van der Waals surface area (Å²) in [4.78, 5) is 38.4. The van der Waals surface area contributed by atoms with Gasteiger partial charge in [0.25, 0.3) is 5.91 Å². The van der Waals surface area contributed by atoms with Crippen molar-refractivity contribution in [1.82, 2.24) is 10.2 Å². The van der Waals surface area contributed by atoms with E-state index in [1.807, 2.05) is 56.3 Å². The Hall–Kier alpha value is -3.35. The van der Waals surface area contributed by atoms with Crippen molar-refractivity contribution in [3.05, 3.63) is 59.7 Å². The third kappa shape index (κ3) is 6.57. The summed E-state index contributed by atoms with van der Waals surface area (Å²) >= 11 is 0. The third-order valence-corrected chi connectivity index (χ3v) is 5.60. The zero-order chi connectivity index (χ0) is 22.2. The molecule has 0 atom stereocenters. The summed E-state index contributed by atoms with van der Waals surface area (Å²) in [5.74, 6) is -0.453. The lowest BCUT2D eigenvalue weighted by molar-refractivity contribution is -0.136. The molecule has 2 aromatic carbocycles. The largest absolute Gasteiger partial charge is 0.484 e. The normalized spacial score (nSPS) is 14.1. The highest BCUT2D eigenvalue weighted by Gasteiger charge is 2.24. The molecule has 0 bridgehead atoms. The van der Waals surface area contributed by atoms with Crippen molar-refractivity contribution in [2.75, 3.05) is 31.6 Å². The van der Waals surface area contributed by atoms with Gasteiger partial charge in [-0.2, -0.15) is 0 Å². The minimum Gasteiger partial charge on any atom is -0.484 e. The fourth-order valence-corrected chi connectivity index (χ4v) is 3.46. The molecule has 0 unspecified atom stereocenters. The van der Waals surface area contributed by atoms with Crippen LogP contribution in [-0.4, -0.2) is 48.9 Å². The van der Waals surface area contributed by atoms with Gasteiger partial charge in [-0.3, -0.25) is 14.4 Å². The summed E-state index contributed by atoms with van der Waals surface area (Å²) in [7, 11) is 0. The SMILES string of the molecule is Cc1ccc(NC(=O)C(=O)NCC2CCN(C(=O)COc3ccccc3)CC2)cc1C. The first kappa shape index (κ1) is 22.3. The number of amides is 3. The van der Waals surface area contributed by atoms with Crippen LogP contribution in [0.3, 0.4) is 0 Å². The molecule has 0 radical (unpaired) electrons. The summed E-state index contributed by atoms with van der Waals surface area (Å²) in [6.07, 6.45) is 1.55. The van der Waals surface area contributed by atoms with E-state index < -0.39 is 11.8 Å². The smallest absolute Gasteiger partial charge is 0.313 e. The average Bonchev–Trinajstić information content (AvgIpc) is 2.79. The van der Waals surface area contributed by atoms with E-state index in [2.05, 4.69) is 10.6 Å². The summed E-state index contributed by atoms with van der Waals surface area (Å²) in [5, 5.41) is 5.34. The van der Waals surface area contributed by atoms with Crippen molar-refractivity contribution < 1.29 is 19.1 Å². The van der Waals surface area contributed by atoms with Crippen molar-refractivity contribution in [3.63, 3.8) is 0 Å². The van der Waals surface area contributed by atoms with Gasteiger partial charge in [-0.25, -0.2) is 0 Å². The van der Waals surface area contributed by atoms with Gasteiger partial charge in [0.1, 0.15) is 5.75 Å². The molecule has 3 amide bonds. The van der Waals surface area contributed by atoms with Crippen LogP contribution in [0, 0.1) is 19.8 Å². The van der Waals surface area contributed by atoms with Crippen LogP contribution in [0.1, 0.15) is 24.0 Å². The standard InChI is InChI=1S/C24H29N3O4/c1-17-8-9-20(14-18(17)2)26-24(30)23(29)25-15-19-10-12-27(13-11-19)22(28)16-31-21-6-4-3-5-7-21/h3-9,14,19H,10-13,15-16H2,1-2H3,(H,25,29)(H,26,30). The van der Waals surface area contributed by atoms with Gasteiger partial charge in [-0.1, -0.05) is 24.3 Å². The zero-order valence-corrected chi connectivity index (χ0v) is 18.0.